The first-order valence-corrected chi connectivity index (χ1v) is 6.03. The molecule has 0 aliphatic carbocycles. The van der Waals surface area contributed by atoms with E-state index in [1.807, 2.05) is 19.0 Å². The molecule has 2 atom stereocenters. The lowest BCUT2D eigenvalue weighted by atomic mass is 9.91. The summed E-state index contributed by atoms with van der Waals surface area (Å²) in [5.74, 6) is -1.57. The van der Waals surface area contributed by atoms with Crippen LogP contribution in [0.15, 0.2) is 0 Å². The van der Waals surface area contributed by atoms with Gasteiger partial charge >= 0.3 is 5.97 Å². The third kappa shape index (κ3) is 3.00. The van der Waals surface area contributed by atoms with E-state index in [0.717, 1.165) is 0 Å². The van der Waals surface area contributed by atoms with Gasteiger partial charge < -0.3 is 20.0 Å². The number of nitrogens with zero attached hydrogens (tertiary/aromatic N) is 2. The highest BCUT2D eigenvalue weighted by Gasteiger charge is 2.44. The van der Waals surface area contributed by atoms with E-state index in [2.05, 4.69) is 0 Å². The quantitative estimate of drug-likeness (QED) is 0.672. The third-order valence-corrected chi connectivity index (χ3v) is 3.30. The van der Waals surface area contributed by atoms with Gasteiger partial charge in [0.25, 0.3) is 0 Å². The Morgan fingerprint density at radius 2 is 1.94 bits per heavy atom. The highest BCUT2D eigenvalue weighted by molar-refractivity contribution is 6.01. The minimum Gasteiger partial charge on any atom is -0.480 e. The average Bonchev–Trinajstić information content (AvgIpc) is 2.56. The summed E-state index contributed by atoms with van der Waals surface area (Å²) in [6, 6.07) is -0.124. The molecule has 1 rings (SSSR count). The van der Waals surface area contributed by atoms with Crippen LogP contribution in [0.2, 0.25) is 0 Å². The molecule has 2 N–H and O–H groups in total. The first-order valence-electron chi connectivity index (χ1n) is 6.03. The van der Waals surface area contributed by atoms with Crippen LogP contribution in [0, 0.1) is 5.41 Å². The molecular formula is C12H22N2O4. The zero-order valence-corrected chi connectivity index (χ0v) is 11.4. The van der Waals surface area contributed by atoms with Gasteiger partial charge in [-0.3, -0.25) is 9.59 Å². The van der Waals surface area contributed by atoms with E-state index >= 15 is 0 Å². The molecule has 0 radical (unpaired) electrons. The number of carbonyl (C=O) groups excluding carboxylic acids is 1. The van der Waals surface area contributed by atoms with Crippen LogP contribution in [0.25, 0.3) is 0 Å². The van der Waals surface area contributed by atoms with E-state index in [1.165, 1.54) is 18.7 Å². The number of aliphatic hydroxyl groups is 1. The number of hydrogen-bond donors (Lipinski definition) is 2. The van der Waals surface area contributed by atoms with E-state index < -0.39 is 23.4 Å². The Morgan fingerprint density at radius 1 is 1.39 bits per heavy atom. The van der Waals surface area contributed by atoms with Gasteiger partial charge in [-0.15, -0.1) is 0 Å². The number of β-amino-alcohol motifs (C(OH)–C–C–N with tert-alkyl or cyclic N) is 1. The zero-order valence-electron chi connectivity index (χ0n) is 11.4. The summed E-state index contributed by atoms with van der Waals surface area (Å²) in [6.07, 6.45) is -0.0666. The van der Waals surface area contributed by atoms with Gasteiger partial charge in [0.2, 0.25) is 5.91 Å². The third-order valence-electron chi connectivity index (χ3n) is 3.30. The molecule has 1 heterocycles. The van der Waals surface area contributed by atoms with Gasteiger partial charge in [-0.2, -0.15) is 0 Å². The maximum Gasteiger partial charge on any atom is 0.318 e. The van der Waals surface area contributed by atoms with Crippen LogP contribution in [0.4, 0.5) is 0 Å². The predicted molar refractivity (Wildman–Crippen MR) is 66.1 cm³/mol. The summed E-state index contributed by atoms with van der Waals surface area (Å²) >= 11 is 0. The fourth-order valence-corrected chi connectivity index (χ4v) is 2.19. The number of aliphatic carboxylic acids is 1. The molecule has 6 heteroatoms. The number of aliphatic hydroxyl groups excluding tert-OH is 1. The summed E-state index contributed by atoms with van der Waals surface area (Å²) in [5.41, 5.74) is -1.45. The Balaban J connectivity index is 2.86. The highest BCUT2D eigenvalue weighted by Crippen LogP contribution is 2.26. The number of hydrogen-bond acceptors (Lipinski definition) is 4. The Kier molecular flexibility index (Phi) is 4.34. The Labute approximate surface area is 107 Å². The molecule has 104 valence electrons. The predicted octanol–water partition coefficient (Wildman–Crippen LogP) is -0.379. The maximum atomic E-state index is 12.3. The zero-order chi connectivity index (χ0) is 14.1. The normalized spacial score (nSPS) is 24.7. The van der Waals surface area contributed by atoms with Crippen LogP contribution in [0.5, 0.6) is 0 Å². The molecule has 2 unspecified atom stereocenters. The molecule has 1 aliphatic rings. The van der Waals surface area contributed by atoms with Crippen LogP contribution < -0.4 is 0 Å². The molecule has 18 heavy (non-hydrogen) atoms. The van der Waals surface area contributed by atoms with Crippen molar-refractivity contribution in [3.05, 3.63) is 0 Å². The summed E-state index contributed by atoms with van der Waals surface area (Å²) in [4.78, 5) is 26.8. The summed E-state index contributed by atoms with van der Waals surface area (Å²) in [6.45, 7) is 3.64. The number of carboxylic acid groups (broad SMARTS) is 1. The topological polar surface area (TPSA) is 81.1 Å². The maximum absolute atomic E-state index is 12.3. The van der Waals surface area contributed by atoms with Crippen LogP contribution in [-0.4, -0.2) is 71.2 Å². The molecule has 6 nitrogen and oxygen atoms in total. The largest absolute Gasteiger partial charge is 0.480 e. The van der Waals surface area contributed by atoms with Crippen molar-refractivity contribution >= 4 is 11.9 Å². The molecule has 1 aliphatic heterocycles. The second kappa shape index (κ2) is 5.24. The lowest BCUT2D eigenvalue weighted by Gasteiger charge is -2.31. The summed E-state index contributed by atoms with van der Waals surface area (Å²) < 4.78 is 0. The fourth-order valence-electron chi connectivity index (χ4n) is 2.19. The molecule has 1 amide bonds. The fraction of sp³-hybridized carbons (Fsp3) is 0.833. The Morgan fingerprint density at radius 3 is 2.39 bits per heavy atom. The number of likely N-dealkylation sites (N-methyl/N-ethyl adjacent to an activating group) is 1. The van der Waals surface area contributed by atoms with Crippen molar-refractivity contribution in [3.8, 4) is 0 Å². The highest BCUT2D eigenvalue weighted by atomic mass is 16.4. The van der Waals surface area contributed by atoms with Crippen molar-refractivity contribution in [1.82, 2.24) is 9.80 Å². The first-order chi connectivity index (χ1) is 8.16. The van der Waals surface area contributed by atoms with Crippen molar-refractivity contribution in [1.29, 1.82) is 0 Å². The van der Waals surface area contributed by atoms with Crippen LogP contribution >= 0.6 is 0 Å². The lowest BCUT2D eigenvalue weighted by molar-refractivity contribution is -0.158. The van der Waals surface area contributed by atoms with Crippen LogP contribution in [0.3, 0.4) is 0 Å². The van der Waals surface area contributed by atoms with E-state index in [0.29, 0.717) is 13.0 Å². The van der Waals surface area contributed by atoms with E-state index in [4.69, 9.17) is 5.11 Å². The van der Waals surface area contributed by atoms with Crippen molar-refractivity contribution in [2.75, 3.05) is 27.2 Å². The minimum absolute atomic E-state index is 0.124. The molecular weight excluding hydrogens is 236 g/mol. The van der Waals surface area contributed by atoms with Crippen LogP contribution in [0.1, 0.15) is 20.3 Å². The summed E-state index contributed by atoms with van der Waals surface area (Å²) in [7, 11) is 3.77. The number of amides is 1. The summed E-state index contributed by atoms with van der Waals surface area (Å²) in [5, 5.41) is 18.8. The first kappa shape index (κ1) is 14.9. The Hall–Kier alpha value is -1.14. The van der Waals surface area contributed by atoms with Gasteiger partial charge in [-0.25, -0.2) is 0 Å². The second-order valence-electron chi connectivity index (χ2n) is 5.69. The van der Waals surface area contributed by atoms with Gasteiger partial charge in [-0.05, 0) is 34.4 Å². The molecule has 0 spiro atoms. The van der Waals surface area contributed by atoms with Gasteiger partial charge in [0.15, 0.2) is 0 Å². The van der Waals surface area contributed by atoms with E-state index in [-0.39, 0.29) is 12.6 Å². The number of likely N-dealkylation sites (tertiary alicyclic amines) is 1. The molecule has 1 fully saturated rings. The lowest BCUT2D eigenvalue weighted by Crippen LogP contribution is -2.49. The monoisotopic (exact) mass is 258 g/mol. The van der Waals surface area contributed by atoms with Gasteiger partial charge in [0, 0.05) is 19.1 Å². The number of carboxylic acids is 1. The molecule has 1 saturated heterocycles. The van der Waals surface area contributed by atoms with Crippen LogP contribution in [-0.2, 0) is 9.59 Å². The average molecular weight is 258 g/mol. The second-order valence-corrected chi connectivity index (χ2v) is 5.69. The standard InChI is InChI=1S/C12H22N2O4/c1-12(2,11(17)18)10(16)14-7-9(15)5-8(14)6-13(3)4/h8-9,15H,5-7H2,1-4H3,(H,17,18). The van der Waals surface area contributed by atoms with Crippen molar-refractivity contribution in [2.24, 2.45) is 5.41 Å². The molecule has 0 aromatic rings. The van der Waals surface area contributed by atoms with Gasteiger partial charge in [-0.1, -0.05) is 0 Å². The van der Waals surface area contributed by atoms with E-state index in [9.17, 15) is 14.7 Å². The van der Waals surface area contributed by atoms with Crippen molar-refractivity contribution in [2.45, 2.75) is 32.4 Å². The van der Waals surface area contributed by atoms with Gasteiger partial charge in [0.05, 0.1) is 6.10 Å². The van der Waals surface area contributed by atoms with E-state index in [1.54, 1.807) is 0 Å². The molecule has 0 aromatic carbocycles. The molecule has 0 saturated carbocycles. The molecule has 0 aromatic heterocycles. The Bertz CT molecular complexity index is 341. The minimum atomic E-state index is -1.45. The van der Waals surface area contributed by atoms with Gasteiger partial charge in [0.1, 0.15) is 5.41 Å². The van der Waals surface area contributed by atoms with Crippen molar-refractivity contribution in [3.63, 3.8) is 0 Å². The number of carbonyl (C=O) groups is 2. The smallest absolute Gasteiger partial charge is 0.318 e. The molecule has 0 bridgehead atoms. The number of rotatable bonds is 4. The SMILES string of the molecule is CN(C)CC1CC(O)CN1C(=O)C(C)(C)C(=O)O. The van der Waals surface area contributed by atoms with Crippen molar-refractivity contribution < 1.29 is 19.8 Å².